The first-order chi connectivity index (χ1) is 16.9. The fraction of sp³-hybridized carbons (Fsp3) is 0.154. The Labute approximate surface area is 204 Å². The SMILES string of the molecule is Cc1cc(NC(=O)COC(=O)c2c3c(nc4ccccc24)/C(=C/c2c(F)cccc2Cl)CC3)on1. The van der Waals surface area contributed by atoms with Gasteiger partial charge in [-0.05, 0) is 55.2 Å². The van der Waals surface area contributed by atoms with Crippen LogP contribution in [0.2, 0.25) is 5.02 Å². The maximum Gasteiger partial charge on any atom is 0.339 e. The highest BCUT2D eigenvalue weighted by atomic mass is 35.5. The minimum Gasteiger partial charge on any atom is -0.452 e. The summed E-state index contributed by atoms with van der Waals surface area (Å²) in [5.41, 5.74) is 3.87. The molecule has 2 aromatic carbocycles. The average Bonchev–Trinajstić information content (AvgIpc) is 3.43. The van der Waals surface area contributed by atoms with Crippen molar-refractivity contribution in [1.29, 1.82) is 0 Å². The molecular weight excluding hydrogens is 473 g/mol. The van der Waals surface area contributed by atoms with Gasteiger partial charge in [0.05, 0.1) is 27.5 Å². The number of hydrogen-bond donors (Lipinski definition) is 1. The molecule has 0 saturated heterocycles. The molecule has 0 unspecified atom stereocenters. The van der Waals surface area contributed by atoms with Gasteiger partial charge < -0.3 is 9.26 Å². The number of aromatic nitrogens is 2. The summed E-state index contributed by atoms with van der Waals surface area (Å²) in [5, 5.41) is 7.09. The lowest BCUT2D eigenvalue weighted by Crippen LogP contribution is -2.21. The summed E-state index contributed by atoms with van der Waals surface area (Å²) in [7, 11) is 0. The number of rotatable bonds is 5. The van der Waals surface area contributed by atoms with Crippen LogP contribution in [0, 0.1) is 12.7 Å². The monoisotopic (exact) mass is 491 g/mol. The van der Waals surface area contributed by atoms with Gasteiger partial charge in [-0.1, -0.05) is 41.0 Å². The number of halogens is 2. The number of carbonyl (C=O) groups is 2. The first-order valence-corrected chi connectivity index (χ1v) is 11.3. The van der Waals surface area contributed by atoms with Gasteiger partial charge in [-0.3, -0.25) is 10.1 Å². The number of para-hydroxylation sites is 1. The van der Waals surface area contributed by atoms with Crippen molar-refractivity contribution >= 4 is 51.9 Å². The van der Waals surface area contributed by atoms with Crippen LogP contribution in [0.3, 0.4) is 0 Å². The van der Waals surface area contributed by atoms with Crippen LogP contribution in [0.5, 0.6) is 0 Å². The predicted molar refractivity (Wildman–Crippen MR) is 129 cm³/mol. The molecule has 0 saturated carbocycles. The molecule has 7 nitrogen and oxygen atoms in total. The van der Waals surface area contributed by atoms with Gasteiger partial charge in [0.15, 0.2) is 6.61 Å². The molecule has 1 N–H and O–H groups in total. The molecule has 2 heterocycles. The summed E-state index contributed by atoms with van der Waals surface area (Å²) < 4.78 is 24.7. The molecule has 2 aromatic heterocycles. The van der Waals surface area contributed by atoms with E-state index in [-0.39, 0.29) is 11.4 Å². The van der Waals surface area contributed by atoms with E-state index in [1.165, 1.54) is 6.07 Å². The number of fused-ring (bicyclic) bond motifs is 2. The number of aryl methyl sites for hydroxylation is 1. The number of esters is 1. The lowest BCUT2D eigenvalue weighted by Gasteiger charge is -2.12. The molecule has 0 bridgehead atoms. The number of pyridine rings is 1. The fourth-order valence-corrected chi connectivity index (χ4v) is 4.35. The molecule has 176 valence electrons. The number of anilines is 1. The van der Waals surface area contributed by atoms with Gasteiger partial charge >= 0.3 is 5.97 Å². The van der Waals surface area contributed by atoms with Crippen LogP contribution in [0.25, 0.3) is 22.6 Å². The number of hydrogen-bond acceptors (Lipinski definition) is 6. The fourth-order valence-electron chi connectivity index (χ4n) is 4.13. The van der Waals surface area contributed by atoms with E-state index in [9.17, 15) is 14.0 Å². The van der Waals surface area contributed by atoms with Crippen molar-refractivity contribution in [3.8, 4) is 0 Å². The summed E-state index contributed by atoms with van der Waals surface area (Å²) in [6.07, 6.45) is 2.74. The Morgan fingerprint density at radius 2 is 2.03 bits per heavy atom. The topological polar surface area (TPSA) is 94.3 Å². The smallest absolute Gasteiger partial charge is 0.339 e. The third-order valence-corrected chi connectivity index (χ3v) is 6.02. The average molecular weight is 492 g/mol. The highest BCUT2D eigenvalue weighted by Gasteiger charge is 2.28. The van der Waals surface area contributed by atoms with Gasteiger partial charge in [0.1, 0.15) is 5.82 Å². The molecule has 1 aliphatic rings. The number of nitrogens with zero attached hydrogens (tertiary/aromatic N) is 2. The summed E-state index contributed by atoms with van der Waals surface area (Å²) in [5.74, 6) is -1.47. The largest absolute Gasteiger partial charge is 0.452 e. The Bertz CT molecular complexity index is 1490. The quantitative estimate of drug-likeness (QED) is 0.365. The van der Waals surface area contributed by atoms with E-state index in [0.29, 0.717) is 51.3 Å². The Morgan fingerprint density at radius 3 is 2.80 bits per heavy atom. The number of carbonyl (C=O) groups excluding carboxylic acids is 2. The molecule has 0 radical (unpaired) electrons. The van der Waals surface area contributed by atoms with Crippen LogP contribution < -0.4 is 5.32 Å². The van der Waals surface area contributed by atoms with Gasteiger partial charge in [-0.15, -0.1) is 0 Å². The standard InChI is InChI=1S/C26H19ClFN3O4/c1-14-11-23(35-31-14)30-22(32)13-34-26(33)24-16-5-2-3-8-21(16)29-25-15(9-10-17(24)25)12-18-19(27)6-4-7-20(18)28/h2-8,11-12H,9-10,13H2,1H3,(H,30,32)/b15-12+. The van der Waals surface area contributed by atoms with Crippen molar-refractivity contribution in [3.05, 3.63) is 87.4 Å². The minimum absolute atomic E-state index is 0.167. The summed E-state index contributed by atoms with van der Waals surface area (Å²) in [4.78, 5) is 30.2. The number of nitrogens with one attached hydrogen (secondary N) is 1. The Hall–Kier alpha value is -4.04. The van der Waals surface area contributed by atoms with Crippen LogP contribution in [-0.2, 0) is 16.0 Å². The summed E-state index contributed by atoms with van der Waals surface area (Å²) in [6, 6.07) is 13.3. The second kappa shape index (κ2) is 9.31. The van der Waals surface area contributed by atoms with E-state index < -0.39 is 24.3 Å². The van der Waals surface area contributed by atoms with Gasteiger partial charge in [-0.25, -0.2) is 14.2 Å². The molecule has 35 heavy (non-hydrogen) atoms. The molecule has 9 heteroatoms. The van der Waals surface area contributed by atoms with Crippen LogP contribution in [0.1, 0.15) is 39.3 Å². The van der Waals surface area contributed by atoms with E-state index in [4.69, 9.17) is 25.8 Å². The molecular formula is C26H19ClFN3O4. The number of benzene rings is 2. The second-order valence-electron chi connectivity index (χ2n) is 8.09. The van der Waals surface area contributed by atoms with Crippen LogP contribution >= 0.6 is 11.6 Å². The molecule has 1 aliphatic carbocycles. The van der Waals surface area contributed by atoms with Gasteiger partial charge in [-0.2, -0.15) is 0 Å². The van der Waals surface area contributed by atoms with Gasteiger partial charge in [0.2, 0.25) is 5.88 Å². The summed E-state index contributed by atoms with van der Waals surface area (Å²) >= 11 is 6.21. The molecule has 0 spiro atoms. The zero-order valence-corrected chi connectivity index (χ0v) is 19.4. The maximum atomic E-state index is 14.4. The highest BCUT2D eigenvalue weighted by Crippen LogP contribution is 2.38. The van der Waals surface area contributed by atoms with Crippen molar-refractivity contribution in [2.45, 2.75) is 19.8 Å². The Balaban J connectivity index is 1.48. The van der Waals surface area contributed by atoms with Crippen molar-refractivity contribution < 1.29 is 23.2 Å². The second-order valence-corrected chi connectivity index (χ2v) is 8.50. The Morgan fingerprint density at radius 1 is 1.20 bits per heavy atom. The minimum atomic E-state index is -0.645. The number of ether oxygens (including phenoxy) is 1. The van der Waals surface area contributed by atoms with E-state index in [1.807, 2.05) is 6.07 Å². The van der Waals surface area contributed by atoms with E-state index in [0.717, 1.165) is 5.57 Å². The van der Waals surface area contributed by atoms with E-state index >= 15 is 0 Å². The number of allylic oxidation sites excluding steroid dienone is 1. The zero-order valence-electron chi connectivity index (χ0n) is 18.6. The van der Waals surface area contributed by atoms with Crippen molar-refractivity contribution in [2.75, 3.05) is 11.9 Å². The van der Waals surface area contributed by atoms with E-state index in [2.05, 4.69) is 10.5 Å². The molecule has 0 atom stereocenters. The van der Waals surface area contributed by atoms with Gasteiger partial charge in [0, 0.05) is 17.0 Å². The van der Waals surface area contributed by atoms with Crippen LogP contribution in [-0.4, -0.2) is 28.6 Å². The van der Waals surface area contributed by atoms with E-state index in [1.54, 1.807) is 49.4 Å². The maximum absolute atomic E-state index is 14.4. The lowest BCUT2D eigenvalue weighted by atomic mass is 10.0. The van der Waals surface area contributed by atoms with Gasteiger partial charge in [0.25, 0.3) is 5.91 Å². The predicted octanol–water partition coefficient (Wildman–Crippen LogP) is 5.61. The first kappa shape index (κ1) is 22.7. The molecule has 1 amide bonds. The molecule has 0 fully saturated rings. The Kier molecular flexibility index (Phi) is 6.05. The normalized spacial score (nSPS) is 13.7. The number of amides is 1. The van der Waals surface area contributed by atoms with Crippen LogP contribution in [0.4, 0.5) is 10.3 Å². The van der Waals surface area contributed by atoms with Crippen molar-refractivity contribution in [2.24, 2.45) is 0 Å². The first-order valence-electron chi connectivity index (χ1n) is 10.9. The summed E-state index contributed by atoms with van der Waals surface area (Å²) in [6.45, 7) is 1.22. The molecule has 0 aliphatic heterocycles. The van der Waals surface area contributed by atoms with Crippen molar-refractivity contribution in [3.63, 3.8) is 0 Å². The van der Waals surface area contributed by atoms with Crippen LogP contribution in [0.15, 0.2) is 53.1 Å². The van der Waals surface area contributed by atoms with Crippen molar-refractivity contribution in [1.82, 2.24) is 10.1 Å². The zero-order chi connectivity index (χ0) is 24.5. The molecule has 5 rings (SSSR count). The third kappa shape index (κ3) is 4.52. The highest BCUT2D eigenvalue weighted by molar-refractivity contribution is 6.32. The molecule has 4 aromatic rings. The third-order valence-electron chi connectivity index (χ3n) is 5.69. The lowest BCUT2D eigenvalue weighted by molar-refractivity contribution is -0.119.